The Labute approximate surface area is 170 Å². The van der Waals surface area contributed by atoms with E-state index in [0.717, 1.165) is 44.5 Å². The summed E-state index contributed by atoms with van der Waals surface area (Å²) in [5.74, 6) is -0.167. The number of para-hydroxylation sites is 1. The lowest BCUT2D eigenvalue weighted by molar-refractivity contribution is -0.131. The molecule has 2 amide bonds. The van der Waals surface area contributed by atoms with E-state index in [0.29, 0.717) is 12.0 Å². The molecule has 29 heavy (non-hydrogen) atoms. The molecule has 5 nitrogen and oxygen atoms in total. The van der Waals surface area contributed by atoms with E-state index >= 15 is 0 Å². The van der Waals surface area contributed by atoms with Gasteiger partial charge in [0.1, 0.15) is 0 Å². The van der Waals surface area contributed by atoms with Gasteiger partial charge in [0, 0.05) is 48.3 Å². The van der Waals surface area contributed by atoms with Crippen molar-refractivity contribution in [1.29, 1.82) is 0 Å². The maximum absolute atomic E-state index is 12.9. The van der Waals surface area contributed by atoms with Crippen molar-refractivity contribution in [2.45, 2.75) is 31.7 Å². The Morgan fingerprint density at radius 2 is 1.72 bits per heavy atom. The maximum atomic E-state index is 12.9. The summed E-state index contributed by atoms with van der Waals surface area (Å²) in [5, 5.41) is 1.30. The number of hydrogen-bond acceptors (Lipinski definition) is 3. The van der Waals surface area contributed by atoms with Crippen LogP contribution < -0.4 is 0 Å². The van der Waals surface area contributed by atoms with Gasteiger partial charge in [0.15, 0.2) is 0 Å². The van der Waals surface area contributed by atoms with Gasteiger partial charge in [-0.15, -0.1) is 0 Å². The molecule has 0 saturated carbocycles. The van der Waals surface area contributed by atoms with Crippen molar-refractivity contribution in [3.63, 3.8) is 0 Å². The van der Waals surface area contributed by atoms with Gasteiger partial charge in [-0.3, -0.25) is 14.5 Å². The standard InChI is InChI=1S/C24H25N3O2/c28-23-15-17-5-1-2-7-21(17)24(29)27(23)19-10-13-26(14-11-19)12-9-18-16-25-22-8-4-3-6-20(18)22/h1-8,16,19,25H,9-15H2. The number of aromatic amines is 1. The van der Waals surface area contributed by atoms with Crippen LogP contribution in [0, 0.1) is 0 Å². The van der Waals surface area contributed by atoms with Crippen molar-refractivity contribution in [2.24, 2.45) is 0 Å². The summed E-state index contributed by atoms with van der Waals surface area (Å²) in [5.41, 5.74) is 4.08. The number of piperidine rings is 1. The van der Waals surface area contributed by atoms with Crippen LogP contribution in [-0.4, -0.2) is 52.3 Å². The molecule has 2 aromatic carbocycles. The van der Waals surface area contributed by atoms with E-state index in [1.165, 1.54) is 16.5 Å². The number of carbonyl (C=O) groups excluding carboxylic acids is 2. The van der Waals surface area contributed by atoms with Gasteiger partial charge in [-0.2, -0.15) is 0 Å². The summed E-state index contributed by atoms with van der Waals surface area (Å²) in [6.45, 7) is 2.84. The van der Waals surface area contributed by atoms with Gasteiger partial charge in [0.05, 0.1) is 6.42 Å². The number of aromatic nitrogens is 1. The Bertz CT molecular complexity index is 1060. The molecular formula is C24H25N3O2. The Morgan fingerprint density at radius 3 is 2.59 bits per heavy atom. The van der Waals surface area contributed by atoms with E-state index in [-0.39, 0.29) is 17.9 Å². The quantitative estimate of drug-likeness (QED) is 0.698. The monoisotopic (exact) mass is 387 g/mol. The molecule has 0 unspecified atom stereocenters. The number of benzene rings is 2. The summed E-state index contributed by atoms with van der Waals surface area (Å²) in [6, 6.07) is 15.9. The van der Waals surface area contributed by atoms with Gasteiger partial charge in [0.25, 0.3) is 5.91 Å². The molecule has 1 N–H and O–H groups in total. The third kappa shape index (κ3) is 3.36. The van der Waals surface area contributed by atoms with Crippen molar-refractivity contribution < 1.29 is 9.59 Å². The van der Waals surface area contributed by atoms with E-state index in [1.807, 2.05) is 24.3 Å². The molecule has 5 heteroatoms. The molecule has 0 radical (unpaired) electrons. The minimum absolute atomic E-state index is 0.0210. The van der Waals surface area contributed by atoms with Crippen molar-refractivity contribution in [2.75, 3.05) is 19.6 Å². The van der Waals surface area contributed by atoms with E-state index < -0.39 is 0 Å². The van der Waals surface area contributed by atoms with Crippen LogP contribution in [0.4, 0.5) is 0 Å². The van der Waals surface area contributed by atoms with Crippen LogP contribution in [-0.2, 0) is 17.6 Å². The van der Waals surface area contributed by atoms with Crippen LogP contribution in [0.25, 0.3) is 10.9 Å². The van der Waals surface area contributed by atoms with Crippen molar-refractivity contribution >= 4 is 22.7 Å². The molecule has 148 valence electrons. The second-order valence-electron chi connectivity index (χ2n) is 8.09. The van der Waals surface area contributed by atoms with Crippen LogP contribution in [0.3, 0.4) is 0 Å². The van der Waals surface area contributed by atoms with Gasteiger partial charge in [0.2, 0.25) is 5.91 Å². The molecule has 0 atom stereocenters. The molecule has 3 heterocycles. The van der Waals surface area contributed by atoms with Crippen LogP contribution in [0.1, 0.15) is 34.3 Å². The van der Waals surface area contributed by atoms with Crippen LogP contribution in [0.2, 0.25) is 0 Å². The Morgan fingerprint density at radius 1 is 0.966 bits per heavy atom. The number of fused-ring (bicyclic) bond motifs is 2. The SMILES string of the molecule is O=C1Cc2ccccc2C(=O)N1C1CCN(CCc2c[nH]c3ccccc23)CC1. The van der Waals surface area contributed by atoms with Gasteiger partial charge >= 0.3 is 0 Å². The highest BCUT2D eigenvalue weighted by atomic mass is 16.2. The van der Waals surface area contributed by atoms with Crippen molar-refractivity contribution in [3.8, 4) is 0 Å². The third-order valence-corrected chi connectivity index (χ3v) is 6.37. The van der Waals surface area contributed by atoms with Gasteiger partial charge in [-0.1, -0.05) is 36.4 Å². The number of carbonyl (C=O) groups is 2. The Kier molecular flexibility index (Phi) is 4.68. The fraction of sp³-hybridized carbons (Fsp3) is 0.333. The Balaban J connectivity index is 1.21. The van der Waals surface area contributed by atoms with Crippen LogP contribution in [0.5, 0.6) is 0 Å². The molecule has 0 bridgehead atoms. The predicted molar refractivity (Wildman–Crippen MR) is 113 cm³/mol. The number of nitrogens with one attached hydrogen (secondary N) is 1. The molecular weight excluding hydrogens is 362 g/mol. The summed E-state index contributed by atoms with van der Waals surface area (Å²) >= 11 is 0. The lowest BCUT2D eigenvalue weighted by Crippen LogP contribution is -2.52. The van der Waals surface area contributed by atoms with Gasteiger partial charge in [-0.05, 0) is 42.5 Å². The lowest BCUT2D eigenvalue weighted by atomic mass is 9.94. The average Bonchev–Trinajstić information content (AvgIpc) is 3.16. The van der Waals surface area contributed by atoms with Crippen LogP contribution in [0.15, 0.2) is 54.7 Å². The summed E-state index contributed by atoms with van der Waals surface area (Å²) in [7, 11) is 0. The lowest BCUT2D eigenvalue weighted by Gasteiger charge is -2.39. The van der Waals surface area contributed by atoms with E-state index in [9.17, 15) is 9.59 Å². The van der Waals surface area contributed by atoms with E-state index in [2.05, 4.69) is 40.3 Å². The molecule has 5 rings (SSSR count). The number of H-pyrrole nitrogens is 1. The number of imide groups is 1. The first-order valence-corrected chi connectivity index (χ1v) is 10.4. The molecule has 1 aromatic heterocycles. The molecule has 1 saturated heterocycles. The molecule has 1 fully saturated rings. The summed E-state index contributed by atoms with van der Waals surface area (Å²) in [4.78, 5) is 32.9. The fourth-order valence-corrected chi connectivity index (χ4v) is 4.76. The normalized spacial score (nSPS) is 18.4. The maximum Gasteiger partial charge on any atom is 0.261 e. The molecule has 3 aromatic rings. The largest absolute Gasteiger partial charge is 0.361 e. The number of hydrogen-bond donors (Lipinski definition) is 1. The number of likely N-dealkylation sites (tertiary alicyclic amines) is 1. The van der Waals surface area contributed by atoms with Crippen molar-refractivity contribution in [1.82, 2.24) is 14.8 Å². The van der Waals surface area contributed by atoms with Gasteiger partial charge < -0.3 is 9.88 Å². The zero-order chi connectivity index (χ0) is 19.8. The minimum atomic E-state index is -0.117. The zero-order valence-corrected chi connectivity index (χ0v) is 16.4. The summed E-state index contributed by atoms with van der Waals surface area (Å²) in [6.07, 6.45) is 5.16. The summed E-state index contributed by atoms with van der Waals surface area (Å²) < 4.78 is 0. The highest BCUT2D eigenvalue weighted by molar-refractivity contribution is 6.10. The zero-order valence-electron chi connectivity index (χ0n) is 16.4. The first kappa shape index (κ1) is 18.1. The first-order valence-electron chi connectivity index (χ1n) is 10.4. The third-order valence-electron chi connectivity index (χ3n) is 6.37. The van der Waals surface area contributed by atoms with Crippen LogP contribution >= 0.6 is 0 Å². The first-order chi connectivity index (χ1) is 14.2. The number of nitrogens with zero attached hydrogens (tertiary/aromatic N) is 2. The highest BCUT2D eigenvalue weighted by Gasteiger charge is 2.37. The fourth-order valence-electron chi connectivity index (χ4n) is 4.76. The Hall–Kier alpha value is -2.92. The van der Waals surface area contributed by atoms with E-state index in [1.54, 1.807) is 4.90 Å². The average molecular weight is 387 g/mol. The van der Waals surface area contributed by atoms with Gasteiger partial charge in [-0.25, -0.2) is 0 Å². The smallest absolute Gasteiger partial charge is 0.261 e. The number of rotatable bonds is 4. The minimum Gasteiger partial charge on any atom is -0.361 e. The highest BCUT2D eigenvalue weighted by Crippen LogP contribution is 2.26. The van der Waals surface area contributed by atoms with Crippen molar-refractivity contribution in [3.05, 3.63) is 71.4 Å². The molecule has 2 aliphatic rings. The second-order valence-corrected chi connectivity index (χ2v) is 8.09. The topological polar surface area (TPSA) is 56.4 Å². The second kappa shape index (κ2) is 7.48. The number of amides is 2. The molecule has 0 spiro atoms. The van der Waals surface area contributed by atoms with E-state index in [4.69, 9.17) is 0 Å². The molecule has 2 aliphatic heterocycles. The molecule has 0 aliphatic carbocycles. The predicted octanol–water partition coefficient (Wildman–Crippen LogP) is 3.40.